The van der Waals surface area contributed by atoms with Gasteiger partial charge in [0.2, 0.25) is 11.7 Å². The third kappa shape index (κ3) is 4.79. The van der Waals surface area contributed by atoms with E-state index in [0.29, 0.717) is 43.4 Å². The molecule has 1 fully saturated rings. The highest BCUT2D eigenvalue weighted by Gasteiger charge is 2.36. The van der Waals surface area contributed by atoms with Gasteiger partial charge in [-0.3, -0.25) is 4.79 Å². The summed E-state index contributed by atoms with van der Waals surface area (Å²) in [5, 5.41) is 3.81. The number of ether oxygens (including phenoxy) is 2. The molecule has 0 aliphatic carbocycles. The van der Waals surface area contributed by atoms with Gasteiger partial charge in [0.05, 0.1) is 24.7 Å². The van der Waals surface area contributed by atoms with Crippen LogP contribution < -0.4 is 9.47 Å². The first-order valence-corrected chi connectivity index (χ1v) is 10.5. The van der Waals surface area contributed by atoms with Gasteiger partial charge >= 0.3 is 6.18 Å². The molecule has 1 saturated heterocycles. The predicted molar refractivity (Wildman–Crippen MR) is 112 cm³/mol. The van der Waals surface area contributed by atoms with Crippen LogP contribution in [0.2, 0.25) is 0 Å². The van der Waals surface area contributed by atoms with Gasteiger partial charge in [0.25, 0.3) is 5.91 Å². The van der Waals surface area contributed by atoms with Gasteiger partial charge in [-0.25, -0.2) is 0 Å². The van der Waals surface area contributed by atoms with Crippen molar-refractivity contribution in [2.45, 2.75) is 25.9 Å². The average molecular weight is 461 g/mol. The van der Waals surface area contributed by atoms with E-state index in [0.717, 1.165) is 12.1 Å². The molecule has 10 heteroatoms. The van der Waals surface area contributed by atoms with Crippen LogP contribution in [0.5, 0.6) is 11.5 Å². The second kappa shape index (κ2) is 9.13. The van der Waals surface area contributed by atoms with Crippen LogP contribution in [0.15, 0.2) is 47.0 Å². The zero-order chi connectivity index (χ0) is 23.6. The summed E-state index contributed by atoms with van der Waals surface area (Å²) in [7, 11) is 0. The maximum Gasteiger partial charge on any atom is 0.416 e. The molecule has 1 aliphatic rings. The van der Waals surface area contributed by atoms with Crippen LogP contribution >= 0.6 is 0 Å². The van der Waals surface area contributed by atoms with Crippen molar-refractivity contribution < 1.29 is 32.0 Å². The van der Waals surface area contributed by atoms with E-state index in [9.17, 15) is 18.0 Å². The molecule has 0 saturated carbocycles. The Hall–Kier alpha value is -3.56. The lowest BCUT2D eigenvalue weighted by Crippen LogP contribution is -2.48. The van der Waals surface area contributed by atoms with Gasteiger partial charge in [0.1, 0.15) is 0 Å². The number of alkyl halides is 3. The zero-order valence-corrected chi connectivity index (χ0v) is 18.1. The van der Waals surface area contributed by atoms with E-state index in [1.165, 1.54) is 12.1 Å². The molecule has 0 N–H and O–H groups in total. The second-order valence-corrected chi connectivity index (χ2v) is 7.47. The second-order valence-electron chi connectivity index (χ2n) is 7.47. The Kier molecular flexibility index (Phi) is 6.26. The molecule has 174 valence electrons. The van der Waals surface area contributed by atoms with Gasteiger partial charge in [-0.15, -0.1) is 0 Å². The Labute approximate surface area is 188 Å². The van der Waals surface area contributed by atoms with Crippen LogP contribution in [-0.2, 0) is 6.18 Å². The summed E-state index contributed by atoms with van der Waals surface area (Å²) in [4.78, 5) is 18.7. The Morgan fingerprint density at radius 3 is 2.52 bits per heavy atom. The Bertz CT molecular complexity index is 1140. The average Bonchev–Trinajstić information content (AvgIpc) is 3.23. The molecule has 3 aromatic rings. The molecular formula is C23H22F3N3O4. The largest absolute Gasteiger partial charge is 0.490 e. The molecule has 0 bridgehead atoms. The van der Waals surface area contributed by atoms with E-state index < -0.39 is 11.7 Å². The van der Waals surface area contributed by atoms with Gasteiger partial charge in [0, 0.05) is 24.2 Å². The molecule has 2 aromatic carbocycles. The van der Waals surface area contributed by atoms with Crippen LogP contribution in [0.25, 0.3) is 11.4 Å². The lowest BCUT2D eigenvalue weighted by molar-refractivity contribution is -0.137. The van der Waals surface area contributed by atoms with E-state index in [-0.39, 0.29) is 29.1 Å². The van der Waals surface area contributed by atoms with Gasteiger partial charge in [-0.2, -0.15) is 18.2 Å². The number of benzene rings is 2. The minimum absolute atomic E-state index is 0.0775. The standard InChI is InChI=1S/C23H22F3N3O4/c1-3-31-18-9-8-15(11-19(18)32-4-2)22(30)29-12-16(13-29)21-27-20(28-33-21)14-6-5-7-17(10-14)23(24,25)26/h5-11,16H,3-4,12-13H2,1-2H3. The van der Waals surface area contributed by atoms with Crippen LogP contribution in [0.1, 0.15) is 41.6 Å². The molecule has 2 heterocycles. The first kappa shape index (κ1) is 22.6. The summed E-state index contributed by atoms with van der Waals surface area (Å²) in [6.45, 7) is 5.36. The first-order valence-electron chi connectivity index (χ1n) is 10.5. The van der Waals surface area contributed by atoms with Crippen molar-refractivity contribution >= 4 is 5.91 Å². The Balaban J connectivity index is 1.42. The van der Waals surface area contributed by atoms with Gasteiger partial charge in [-0.1, -0.05) is 17.3 Å². The lowest BCUT2D eigenvalue weighted by Gasteiger charge is -2.37. The van der Waals surface area contributed by atoms with Crippen molar-refractivity contribution in [3.8, 4) is 22.9 Å². The normalized spacial score (nSPS) is 14.2. The smallest absolute Gasteiger partial charge is 0.416 e. The molecule has 0 radical (unpaired) electrons. The molecule has 7 nitrogen and oxygen atoms in total. The van der Waals surface area contributed by atoms with Crippen molar-refractivity contribution in [2.24, 2.45) is 0 Å². The maximum atomic E-state index is 13.0. The fourth-order valence-electron chi connectivity index (χ4n) is 3.52. The summed E-state index contributed by atoms with van der Waals surface area (Å²) in [5.74, 6) is 1.08. The molecule has 33 heavy (non-hydrogen) atoms. The fraction of sp³-hybridized carbons (Fsp3) is 0.348. The highest BCUT2D eigenvalue weighted by atomic mass is 19.4. The van der Waals surface area contributed by atoms with E-state index >= 15 is 0 Å². The summed E-state index contributed by atoms with van der Waals surface area (Å²) >= 11 is 0. The highest BCUT2D eigenvalue weighted by molar-refractivity contribution is 5.95. The third-order valence-corrected chi connectivity index (χ3v) is 5.20. The van der Waals surface area contributed by atoms with Gasteiger partial charge < -0.3 is 18.9 Å². The van der Waals surface area contributed by atoms with Crippen molar-refractivity contribution in [2.75, 3.05) is 26.3 Å². The molecule has 1 aliphatic heterocycles. The van der Waals surface area contributed by atoms with E-state index in [1.54, 1.807) is 23.1 Å². The summed E-state index contributed by atoms with van der Waals surface area (Å²) in [6.07, 6.45) is -4.46. The molecular weight excluding hydrogens is 439 g/mol. The van der Waals surface area contributed by atoms with Crippen LogP contribution in [-0.4, -0.2) is 47.3 Å². The molecule has 0 atom stereocenters. The molecule has 0 spiro atoms. The van der Waals surface area contributed by atoms with Crippen LogP contribution in [0, 0.1) is 0 Å². The fourth-order valence-corrected chi connectivity index (χ4v) is 3.52. The molecule has 1 aromatic heterocycles. The van der Waals surface area contributed by atoms with Crippen molar-refractivity contribution in [1.82, 2.24) is 15.0 Å². The minimum Gasteiger partial charge on any atom is -0.490 e. The van der Waals surface area contributed by atoms with Gasteiger partial charge in [-0.05, 0) is 44.2 Å². The topological polar surface area (TPSA) is 77.7 Å². The van der Waals surface area contributed by atoms with Crippen LogP contribution in [0.3, 0.4) is 0 Å². The number of halogens is 3. The SMILES string of the molecule is CCOc1ccc(C(=O)N2CC(c3nc(-c4cccc(C(F)(F)F)c4)no3)C2)cc1OCC. The summed E-state index contributed by atoms with van der Waals surface area (Å²) in [6, 6.07) is 9.79. The summed E-state index contributed by atoms with van der Waals surface area (Å²) in [5.41, 5.74) is -0.103. The van der Waals surface area contributed by atoms with Crippen LogP contribution in [0.4, 0.5) is 13.2 Å². The minimum atomic E-state index is -4.46. The summed E-state index contributed by atoms with van der Waals surface area (Å²) < 4.78 is 55.2. The van der Waals surface area contributed by atoms with E-state index in [2.05, 4.69) is 10.1 Å². The molecule has 0 unspecified atom stereocenters. The zero-order valence-electron chi connectivity index (χ0n) is 18.1. The number of likely N-dealkylation sites (tertiary alicyclic amines) is 1. The van der Waals surface area contributed by atoms with E-state index in [4.69, 9.17) is 14.0 Å². The number of hydrogen-bond donors (Lipinski definition) is 0. The maximum absolute atomic E-state index is 13.0. The first-order chi connectivity index (χ1) is 15.8. The van der Waals surface area contributed by atoms with Crippen molar-refractivity contribution in [3.05, 3.63) is 59.5 Å². The Morgan fingerprint density at radius 2 is 1.82 bits per heavy atom. The Morgan fingerprint density at radius 1 is 1.09 bits per heavy atom. The number of aromatic nitrogens is 2. The predicted octanol–water partition coefficient (Wildman–Crippen LogP) is 4.79. The number of hydrogen-bond acceptors (Lipinski definition) is 6. The number of amides is 1. The molecule has 1 amide bonds. The number of carbonyl (C=O) groups is 1. The van der Waals surface area contributed by atoms with Crippen molar-refractivity contribution in [3.63, 3.8) is 0 Å². The van der Waals surface area contributed by atoms with Crippen molar-refractivity contribution in [1.29, 1.82) is 0 Å². The third-order valence-electron chi connectivity index (χ3n) is 5.20. The number of rotatable bonds is 7. The lowest BCUT2D eigenvalue weighted by atomic mass is 9.98. The monoisotopic (exact) mass is 461 g/mol. The quantitative estimate of drug-likeness (QED) is 0.503. The number of nitrogens with zero attached hydrogens (tertiary/aromatic N) is 3. The highest BCUT2D eigenvalue weighted by Crippen LogP contribution is 2.34. The number of carbonyl (C=O) groups excluding carboxylic acids is 1. The molecule has 4 rings (SSSR count). The van der Waals surface area contributed by atoms with Gasteiger partial charge in [0.15, 0.2) is 11.5 Å². The van der Waals surface area contributed by atoms with E-state index in [1.807, 2.05) is 13.8 Å².